The largest absolute Gasteiger partial charge is 0.469 e. The first kappa shape index (κ1) is 17.1. The number of benzene rings is 1. The van der Waals surface area contributed by atoms with Crippen LogP contribution >= 0.6 is 0 Å². The smallest absolute Gasteiger partial charge is 0.309 e. The molecule has 1 aromatic rings. The summed E-state index contributed by atoms with van der Waals surface area (Å²) in [6.45, 7) is 1.87. The molecule has 1 aromatic carbocycles. The second-order valence-corrected chi connectivity index (χ2v) is 4.47. The number of esters is 2. The molecule has 0 saturated heterocycles. The van der Waals surface area contributed by atoms with Gasteiger partial charge in [-0.25, -0.2) is 0 Å². The van der Waals surface area contributed by atoms with Crippen LogP contribution in [0.1, 0.15) is 30.6 Å². The van der Waals surface area contributed by atoms with Gasteiger partial charge in [-0.3, -0.25) is 9.59 Å². The lowest BCUT2D eigenvalue weighted by molar-refractivity contribution is -0.147. The molecule has 0 aromatic heterocycles. The first-order chi connectivity index (χ1) is 9.99. The van der Waals surface area contributed by atoms with E-state index in [1.165, 1.54) is 7.11 Å². The predicted octanol–water partition coefficient (Wildman–Crippen LogP) is 0.750. The molecule has 0 amide bonds. The van der Waals surface area contributed by atoms with Gasteiger partial charge in [-0.1, -0.05) is 24.3 Å². The molecule has 116 valence electrons. The molecule has 6 nitrogen and oxygen atoms in total. The molecule has 0 aliphatic carbocycles. The molecule has 0 heterocycles. The summed E-state index contributed by atoms with van der Waals surface area (Å²) in [5, 5.41) is 20.1. The zero-order chi connectivity index (χ0) is 15.8. The molecule has 0 saturated carbocycles. The molecule has 2 unspecified atom stereocenters. The van der Waals surface area contributed by atoms with Gasteiger partial charge in [0.05, 0.1) is 32.7 Å². The molecule has 0 radical (unpaired) electrons. The van der Waals surface area contributed by atoms with E-state index in [0.717, 1.165) is 0 Å². The fraction of sp³-hybridized carbons (Fsp3) is 0.467. The van der Waals surface area contributed by atoms with Gasteiger partial charge >= 0.3 is 11.9 Å². The second kappa shape index (κ2) is 8.39. The van der Waals surface area contributed by atoms with Crippen molar-refractivity contribution in [1.82, 2.24) is 0 Å². The van der Waals surface area contributed by atoms with Gasteiger partial charge < -0.3 is 19.7 Å². The number of aliphatic hydroxyl groups is 2. The highest BCUT2D eigenvalue weighted by molar-refractivity contribution is 5.73. The van der Waals surface area contributed by atoms with Crippen LogP contribution in [0, 0.1) is 0 Å². The van der Waals surface area contributed by atoms with Gasteiger partial charge in [0, 0.05) is 0 Å². The molecule has 0 aliphatic heterocycles. The van der Waals surface area contributed by atoms with Crippen molar-refractivity contribution in [2.45, 2.75) is 32.0 Å². The van der Waals surface area contributed by atoms with E-state index in [0.29, 0.717) is 11.1 Å². The summed E-state index contributed by atoms with van der Waals surface area (Å²) >= 11 is 0. The first-order valence-corrected chi connectivity index (χ1v) is 6.66. The highest BCUT2D eigenvalue weighted by Crippen LogP contribution is 2.23. The Hall–Kier alpha value is -1.92. The molecule has 6 heteroatoms. The molecule has 0 bridgehead atoms. The van der Waals surface area contributed by atoms with Crippen LogP contribution in [0.15, 0.2) is 24.3 Å². The van der Waals surface area contributed by atoms with Crippen LogP contribution in [-0.4, -0.2) is 42.0 Å². The number of hydrogen-bond donors (Lipinski definition) is 2. The van der Waals surface area contributed by atoms with Crippen LogP contribution in [0.2, 0.25) is 0 Å². The van der Waals surface area contributed by atoms with Crippen LogP contribution in [0.3, 0.4) is 0 Å². The van der Waals surface area contributed by atoms with Gasteiger partial charge in [-0.05, 0) is 18.1 Å². The molecule has 0 aliphatic rings. The Morgan fingerprint density at radius 3 is 2.48 bits per heavy atom. The Morgan fingerprint density at radius 1 is 1.19 bits per heavy atom. The summed E-state index contributed by atoms with van der Waals surface area (Å²) in [6, 6.07) is 6.65. The Balaban J connectivity index is 2.83. The van der Waals surface area contributed by atoms with E-state index in [9.17, 15) is 19.8 Å². The molecular weight excluding hydrogens is 276 g/mol. The molecule has 0 spiro atoms. The first-order valence-electron chi connectivity index (χ1n) is 6.66. The average Bonchev–Trinajstić information content (AvgIpc) is 2.47. The van der Waals surface area contributed by atoms with Crippen molar-refractivity contribution in [3.63, 3.8) is 0 Å². The SMILES string of the molecule is CCOC(=O)CC(O)C(O)c1ccccc1CC(=O)OC. The number of carbonyl (C=O) groups excluding carboxylic acids is 2. The van der Waals surface area contributed by atoms with Crippen molar-refractivity contribution >= 4 is 11.9 Å². The summed E-state index contributed by atoms with van der Waals surface area (Å²) in [5.41, 5.74) is 0.930. The second-order valence-electron chi connectivity index (χ2n) is 4.47. The normalized spacial score (nSPS) is 13.3. The number of ether oxygens (including phenoxy) is 2. The lowest BCUT2D eigenvalue weighted by Gasteiger charge is -2.20. The highest BCUT2D eigenvalue weighted by Gasteiger charge is 2.24. The minimum atomic E-state index is -1.30. The summed E-state index contributed by atoms with van der Waals surface area (Å²) in [7, 11) is 1.27. The van der Waals surface area contributed by atoms with E-state index in [-0.39, 0.29) is 19.4 Å². The van der Waals surface area contributed by atoms with Crippen LogP contribution in [0.4, 0.5) is 0 Å². The predicted molar refractivity (Wildman–Crippen MR) is 74.4 cm³/mol. The monoisotopic (exact) mass is 296 g/mol. The molecular formula is C15H20O6. The van der Waals surface area contributed by atoms with E-state index in [1.807, 2.05) is 0 Å². The van der Waals surface area contributed by atoms with Gasteiger partial charge in [0.15, 0.2) is 0 Å². The van der Waals surface area contributed by atoms with Crippen LogP contribution in [-0.2, 0) is 25.5 Å². The van der Waals surface area contributed by atoms with Gasteiger partial charge in [-0.15, -0.1) is 0 Å². The fourth-order valence-electron chi connectivity index (χ4n) is 1.92. The zero-order valence-electron chi connectivity index (χ0n) is 12.1. The zero-order valence-corrected chi connectivity index (χ0v) is 12.1. The van der Waals surface area contributed by atoms with E-state index < -0.39 is 24.1 Å². The summed E-state index contributed by atoms with van der Waals surface area (Å²) in [5.74, 6) is -1.04. The molecule has 0 fully saturated rings. The maximum absolute atomic E-state index is 11.3. The Bertz CT molecular complexity index is 485. The quantitative estimate of drug-likeness (QED) is 0.721. The van der Waals surface area contributed by atoms with Crippen molar-refractivity contribution < 1.29 is 29.3 Å². The summed E-state index contributed by atoms with van der Waals surface area (Å²) < 4.78 is 9.32. The Labute approximate surface area is 123 Å². The minimum absolute atomic E-state index is 0.0180. The third-order valence-corrected chi connectivity index (χ3v) is 2.98. The van der Waals surface area contributed by atoms with Crippen LogP contribution in [0.25, 0.3) is 0 Å². The maximum Gasteiger partial charge on any atom is 0.309 e. The molecule has 21 heavy (non-hydrogen) atoms. The van der Waals surface area contributed by atoms with E-state index in [4.69, 9.17) is 4.74 Å². The van der Waals surface area contributed by atoms with Gasteiger partial charge in [0.2, 0.25) is 0 Å². The number of aliphatic hydroxyl groups excluding tert-OH is 2. The maximum atomic E-state index is 11.3. The van der Waals surface area contributed by atoms with Gasteiger partial charge in [-0.2, -0.15) is 0 Å². The van der Waals surface area contributed by atoms with Crippen molar-refractivity contribution in [2.24, 2.45) is 0 Å². The van der Waals surface area contributed by atoms with Crippen molar-refractivity contribution in [3.8, 4) is 0 Å². The number of carbonyl (C=O) groups is 2. The van der Waals surface area contributed by atoms with Crippen molar-refractivity contribution in [1.29, 1.82) is 0 Å². The lowest BCUT2D eigenvalue weighted by Crippen LogP contribution is -2.24. The van der Waals surface area contributed by atoms with Gasteiger partial charge in [0.1, 0.15) is 6.10 Å². The summed E-state index contributed by atoms with van der Waals surface area (Å²) in [4.78, 5) is 22.7. The standard InChI is InChI=1S/C15H20O6/c1-3-21-14(18)9-12(16)15(19)11-7-5-4-6-10(11)8-13(17)20-2/h4-7,12,15-16,19H,3,8-9H2,1-2H3. The molecule has 2 N–H and O–H groups in total. The lowest BCUT2D eigenvalue weighted by atomic mass is 9.95. The average molecular weight is 296 g/mol. The Kier molecular flexibility index (Phi) is 6.84. The fourth-order valence-corrected chi connectivity index (χ4v) is 1.92. The van der Waals surface area contributed by atoms with Crippen molar-refractivity contribution in [3.05, 3.63) is 35.4 Å². The number of methoxy groups -OCH3 is 1. The summed E-state index contributed by atoms with van der Waals surface area (Å²) in [6.07, 6.45) is -2.92. The van der Waals surface area contributed by atoms with Crippen molar-refractivity contribution in [2.75, 3.05) is 13.7 Å². The third kappa shape index (κ3) is 5.17. The topological polar surface area (TPSA) is 93.1 Å². The van der Waals surface area contributed by atoms with E-state index >= 15 is 0 Å². The van der Waals surface area contributed by atoms with Gasteiger partial charge in [0.25, 0.3) is 0 Å². The number of rotatable bonds is 7. The van der Waals surface area contributed by atoms with Crippen LogP contribution in [0.5, 0.6) is 0 Å². The van der Waals surface area contributed by atoms with E-state index in [2.05, 4.69) is 4.74 Å². The molecule has 2 atom stereocenters. The third-order valence-electron chi connectivity index (χ3n) is 2.98. The number of hydrogen-bond acceptors (Lipinski definition) is 6. The highest BCUT2D eigenvalue weighted by atomic mass is 16.5. The van der Waals surface area contributed by atoms with Crippen LogP contribution < -0.4 is 0 Å². The Morgan fingerprint density at radius 2 is 1.86 bits per heavy atom. The minimum Gasteiger partial charge on any atom is -0.469 e. The van der Waals surface area contributed by atoms with E-state index in [1.54, 1.807) is 31.2 Å². The molecule has 1 rings (SSSR count).